The Labute approximate surface area is 212 Å². The monoisotopic (exact) mass is 476 g/mol. The summed E-state index contributed by atoms with van der Waals surface area (Å²) in [4.78, 5) is 3.77. The molecule has 0 bridgehead atoms. The Morgan fingerprint density at radius 2 is 1.17 bits per heavy atom. The zero-order chi connectivity index (χ0) is 25.6. The maximum atomic E-state index is 11.1. The van der Waals surface area contributed by atoms with E-state index in [1.807, 2.05) is 25.1 Å². The third-order valence-electron chi connectivity index (χ3n) is 6.46. The fourth-order valence-electron chi connectivity index (χ4n) is 4.47. The third-order valence-corrected chi connectivity index (χ3v) is 6.46. The molecular formula is C31H32N4O. The number of fused-ring (bicyclic) bond motifs is 1. The third kappa shape index (κ3) is 4.44. The number of phenolic OH excluding ortho intramolecular Hbond substituents is 1. The molecule has 5 heteroatoms. The van der Waals surface area contributed by atoms with Gasteiger partial charge in [-0.05, 0) is 80.3 Å². The molecule has 0 spiro atoms. The van der Waals surface area contributed by atoms with Crippen molar-refractivity contribution in [2.45, 2.75) is 47.0 Å². The predicted octanol–water partition coefficient (Wildman–Crippen LogP) is 7.82. The van der Waals surface area contributed by atoms with E-state index >= 15 is 0 Å². The maximum Gasteiger partial charge on any atom is 0.146 e. The van der Waals surface area contributed by atoms with Crippen LogP contribution in [-0.2, 0) is 5.41 Å². The number of aryl methyl sites for hydroxylation is 3. The predicted molar refractivity (Wildman–Crippen MR) is 148 cm³/mol. The lowest BCUT2D eigenvalue weighted by Gasteiger charge is -2.25. The molecule has 0 amide bonds. The Hall–Kier alpha value is -4.12. The first-order valence-electron chi connectivity index (χ1n) is 12.3. The number of hydrogen-bond acceptors (Lipinski definition) is 4. The van der Waals surface area contributed by atoms with E-state index in [0.29, 0.717) is 5.69 Å². The van der Waals surface area contributed by atoms with Crippen LogP contribution in [0.3, 0.4) is 0 Å². The van der Waals surface area contributed by atoms with Crippen molar-refractivity contribution in [1.29, 1.82) is 0 Å². The van der Waals surface area contributed by atoms with Crippen molar-refractivity contribution in [3.63, 3.8) is 0 Å². The summed E-state index contributed by atoms with van der Waals surface area (Å²) in [5.41, 5.74) is 9.42. The fraction of sp³-hybridized carbons (Fsp3) is 0.226. The number of aromatic nitrogens is 3. The van der Waals surface area contributed by atoms with Gasteiger partial charge >= 0.3 is 0 Å². The van der Waals surface area contributed by atoms with Gasteiger partial charge in [-0.25, -0.2) is 0 Å². The van der Waals surface area contributed by atoms with E-state index in [1.165, 1.54) is 11.1 Å². The summed E-state index contributed by atoms with van der Waals surface area (Å²) < 4.78 is 0. The average molecular weight is 477 g/mol. The van der Waals surface area contributed by atoms with Gasteiger partial charge in [-0.3, -0.25) is 0 Å². The van der Waals surface area contributed by atoms with Gasteiger partial charge in [0.1, 0.15) is 22.5 Å². The molecule has 0 unspecified atom stereocenters. The van der Waals surface area contributed by atoms with Gasteiger partial charge in [0.25, 0.3) is 0 Å². The Morgan fingerprint density at radius 1 is 0.639 bits per heavy atom. The lowest BCUT2D eigenvalue weighted by atomic mass is 9.85. The van der Waals surface area contributed by atoms with E-state index in [4.69, 9.17) is 10.2 Å². The van der Waals surface area contributed by atoms with Gasteiger partial charge in [-0.2, -0.15) is 0 Å². The van der Waals surface area contributed by atoms with Gasteiger partial charge < -0.3 is 10.0 Å². The molecule has 5 nitrogen and oxygen atoms in total. The zero-order valence-corrected chi connectivity index (χ0v) is 21.7. The molecule has 0 aliphatic carbocycles. The van der Waals surface area contributed by atoms with Crippen LogP contribution in [0.1, 0.15) is 43.0 Å². The molecule has 0 radical (unpaired) electrons. The smallest absolute Gasteiger partial charge is 0.146 e. The average Bonchev–Trinajstić information content (AvgIpc) is 3.25. The van der Waals surface area contributed by atoms with Crippen LogP contribution in [0, 0.1) is 20.8 Å². The van der Waals surface area contributed by atoms with E-state index in [0.717, 1.165) is 39.2 Å². The Balaban J connectivity index is 1.63. The van der Waals surface area contributed by atoms with Crippen LogP contribution in [-0.4, -0.2) is 20.1 Å². The van der Waals surface area contributed by atoms with Crippen molar-refractivity contribution in [1.82, 2.24) is 15.0 Å². The van der Waals surface area contributed by atoms with Crippen molar-refractivity contribution >= 4 is 28.1 Å². The number of rotatable bonds is 4. The molecule has 1 N–H and O–H groups in total. The molecule has 1 aromatic heterocycles. The minimum Gasteiger partial charge on any atom is -0.505 e. The molecule has 0 aliphatic heterocycles. The quantitative estimate of drug-likeness (QED) is 0.287. The lowest BCUT2D eigenvalue weighted by molar-refractivity contribution is 0.440. The summed E-state index contributed by atoms with van der Waals surface area (Å²) >= 11 is 0. The summed E-state index contributed by atoms with van der Waals surface area (Å²) in [6.07, 6.45) is 0. The first-order chi connectivity index (χ1) is 17.1. The number of benzene rings is 4. The molecule has 1 heterocycles. The van der Waals surface area contributed by atoms with E-state index < -0.39 is 0 Å². The molecule has 5 aromatic rings. The van der Waals surface area contributed by atoms with Crippen LogP contribution in [0.2, 0.25) is 0 Å². The van der Waals surface area contributed by atoms with E-state index in [-0.39, 0.29) is 11.2 Å². The van der Waals surface area contributed by atoms with E-state index in [1.54, 1.807) is 4.80 Å². The molecule has 0 saturated heterocycles. The lowest BCUT2D eigenvalue weighted by Crippen LogP contribution is -2.13. The second kappa shape index (κ2) is 8.83. The van der Waals surface area contributed by atoms with Crippen molar-refractivity contribution in [2.24, 2.45) is 0 Å². The molecule has 4 aromatic carbocycles. The van der Waals surface area contributed by atoms with Crippen molar-refractivity contribution in [3.05, 3.63) is 101 Å². The molecule has 0 aliphatic rings. The Kier molecular flexibility index (Phi) is 5.79. The topological polar surface area (TPSA) is 54.2 Å². The number of nitrogens with zero attached hydrogens (tertiary/aromatic N) is 4. The number of aromatic hydroxyl groups is 1. The zero-order valence-electron chi connectivity index (χ0n) is 21.7. The van der Waals surface area contributed by atoms with Crippen molar-refractivity contribution < 1.29 is 5.11 Å². The van der Waals surface area contributed by atoms with Gasteiger partial charge in [0.15, 0.2) is 0 Å². The molecular weight excluding hydrogens is 444 g/mol. The highest BCUT2D eigenvalue weighted by Crippen LogP contribution is 2.38. The summed E-state index contributed by atoms with van der Waals surface area (Å²) in [5, 5.41) is 20.6. The number of anilines is 3. The summed E-state index contributed by atoms with van der Waals surface area (Å²) in [6.45, 7) is 12.5. The SMILES string of the molecule is Cc1ccc(N(c2ccc(C)cc2)c2ccc3nn(-c4cc(C)cc(C(C)(C)C)c4O)nc3c2)cc1. The standard InChI is InChI=1S/C31H32N4O/c1-20-7-11-23(12-8-20)34(24-13-9-21(2)10-14-24)25-15-16-27-28(19-25)33-35(32-27)29-18-22(3)17-26(30(29)36)31(4,5)6/h7-19,36H,1-6H3. The molecule has 182 valence electrons. The maximum absolute atomic E-state index is 11.1. The summed E-state index contributed by atoms with van der Waals surface area (Å²) in [6, 6.07) is 27.1. The second-order valence-electron chi connectivity index (χ2n) is 10.6. The Bertz CT molecular complexity index is 1500. The summed E-state index contributed by atoms with van der Waals surface area (Å²) in [5.74, 6) is 0.217. The van der Waals surface area contributed by atoms with Gasteiger partial charge in [0.05, 0.1) is 0 Å². The highest BCUT2D eigenvalue weighted by atomic mass is 16.3. The van der Waals surface area contributed by atoms with Crippen LogP contribution < -0.4 is 4.90 Å². The van der Waals surface area contributed by atoms with Crippen molar-refractivity contribution in [2.75, 3.05) is 4.90 Å². The molecule has 36 heavy (non-hydrogen) atoms. The minimum absolute atomic E-state index is 0.201. The van der Waals surface area contributed by atoms with Crippen LogP contribution in [0.15, 0.2) is 78.9 Å². The van der Waals surface area contributed by atoms with Crippen LogP contribution in [0.5, 0.6) is 5.75 Å². The first-order valence-corrected chi connectivity index (χ1v) is 12.3. The Morgan fingerprint density at radius 3 is 1.72 bits per heavy atom. The first kappa shape index (κ1) is 23.6. The molecule has 5 rings (SSSR count). The van der Waals surface area contributed by atoms with E-state index in [2.05, 4.69) is 100 Å². The number of hydrogen-bond donors (Lipinski definition) is 1. The fourth-order valence-corrected chi connectivity index (χ4v) is 4.47. The van der Waals surface area contributed by atoms with Gasteiger partial charge in [-0.15, -0.1) is 15.0 Å². The summed E-state index contributed by atoms with van der Waals surface area (Å²) in [7, 11) is 0. The number of phenols is 1. The van der Waals surface area contributed by atoms with Crippen LogP contribution in [0.4, 0.5) is 17.1 Å². The van der Waals surface area contributed by atoms with Crippen molar-refractivity contribution in [3.8, 4) is 11.4 Å². The van der Waals surface area contributed by atoms with Gasteiger partial charge in [0, 0.05) is 22.6 Å². The molecule has 0 saturated carbocycles. The van der Waals surface area contributed by atoms with Crippen LogP contribution in [0.25, 0.3) is 16.7 Å². The minimum atomic E-state index is -0.201. The van der Waals surface area contributed by atoms with E-state index in [9.17, 15) is 5.11 Å². The largest absolute Gasteiger partial charge is 0.505 e. The second-order valence-corrected chi connectivity index (χ2v) is 10.6. The highest BCUT2D eigenvalue weighted by Gasteiger charge is 2.23. The van der Waals surface area contributed by atoms with Gasteiger partial charge in [-0.1, -0.05) is 62.2 Å². The van der Waals surface area contributed by atoms with Crippen LogP contribution >= 0.6 is 0 Å². The molecule has 0 atom stereocenters. The normalized spacial score (nSPS) is 11.7. The molecule has 0 fully saturated rings. The highest BCUT2D eigenvalue weighted by molar-refractivity contribution is 5.85. The van der Waals surface area contributed by atoms with Gasteiger partial charge in [0.2, 0.25) is 0 Å².